The van der Waals surface area contributed by atoms with E-state index in [1.165, 1.54) is 12.3 Å². The van der Waals surface area contributed by atoms with Gasteiger partial charge in [0.1, 0.15) is 5.75 Å². The fourth-order valence-corrected chi connectivity index (χ4v) is 1.79. The molecule has 0 saturated carbocycles. The van der Waals surface area contributed by atoms with Gasteiger partial charge in [0.05, 0.1) is 16.4 Å². The third-order valence-electron chi connectivity index (χ3n) is 2.28. The third kappa shape index (κ3) is 2.94. The smallest absolute Gasteiger partial charge is 0.212 e. The highest BCUT2D eigenvalue weighted by Gasteiger charge is 2.04. The van der Waals surface area contributed by atoms with Crippen molar-refractivity contribution in [3.8, 4) is 5.75 Å². The number of pyridine rings is 1. The van der Waals surface area contributed by atoms with Gasteiger partial charge >= 0.3 is 0 Å². The van der Waals surface area contributed by atoms with E-state index in [1.54, 1.807) is 12.1 Å². The van der Waals surface area contributed by atoms with Crippen molar-refractivity contribution >= 4 is 21.6 Å². The molecule has 3 nitrogen and oxygen atoms in total. The van der Waals surface area contributed by atoms with Crippen LogP contribution in [0.1, 0.15) is 5.56 Å². The number of anilines is 1. The Morgan fingerprint density at radius 3 is 2.82 bits per heavy atom. The Hall–Kier alpha value is -1.62. The molecule has 0 aliphatic rings. The summed E-state index contributed by atoms with van der Waals surface area (Å²) >= 11 is 3.24. The molecule has 1 aromatic heterocycles. The van der Waals surface area contributed by atoms with Crippen molar-refractivity contribution in [3.05, 3.63) is 52.5 Å². The summed E-state index contributed by atoms with van der Waals surface area (Å²) in [6, 6.07) is 8.28. The number of phenols is 1. The van der Waals surface area contributed by atoms with E-state index in [1.807, 2.05) is 12.1 Å². The average molecular weight is 297 g/mol. The summed E-state index contributed by atoms with van der Waals surface area (Å²) in [6.07, 6.45) is 1.41. The molecule has 17 heavy (non-hydrogen) atoms. The predicted octanol–water partition coefficient (Wildman–Crippen LogP) is 3.30. The van der Waals surface area contributed by atoms with Gasteiger partial charge in [0.15, 0.2) is 0 Å². The number of hydrogen-bond acceptors (Lipinski definition) is 3. The van der Waals surface area contributed by atoms with Crippen LogP contribution in [0.5, 0.6) is 5.75 Å². The zero-order chi connectivity index (χ0) is 12.3. The van der Waals surface area contributed by atoms with Gasteiger partial charge in [-0.25, -0.2) is 4.98 Å². The molecule has 0 amide bonds. The van der Waals surface area contributed by atoms with E-state index in [-0.39, 0.29) is 5.75 Å². The summed E-state index contributed by atoms with van der Waals surface area (Å²) < 4.78 is 13.2. The molecule has 0 fully saturated rings. The van der Waals surface area contributed by atoms with Gasteiger partial charge in [-0.2, -0.15) is 4.39 Å². The fraction of sp³-hybridized carbons (Fsp3) is 0.0833. The van der Waals surface area contributed by atoms with Crippen molar-refractivity contribution in [3.63, 3.8) is 0 Å². The second-order valence-corrected chi connectivity index (χ2v) is 4.33. The number of rotatable bonds is 3. The van der Waals surface area contributed by atoms with Gasteiger partial charge in [0, 0.05) is 12.1 Å². The Balaban J connectivity index is 2.07. The predicted molar refractivity (Wildman–Crippen MR) is 67.3 cm³/mol. The maximum absolute atomic E-state index is 12.6. The second kappa shape index (κ2) is 5.14. The topological polar surface area (TPSA) is 45.1 Å². The fourth-order valence-electron chi connectivity index (χ4n) is 1.38. The number of benzene rings is 1. The van der Waals surface area contributed by atoms with E-state index in [0.29, 0.717) is 16.7 Å². The first-order chi connectivity index (χ1) is 8.16. The summed E-state index contributed by atoms with van der Waals surface area (Å²) in [5.41, 5.74) is 1.45. The molecule has 0 aliphatic carbocycles. The van der Waals surface area contributed by atoms with Crippen LogP contribution >= 0.6 is 15.9 Å². The lowest BCUT2D eigenvalue weighted by atomic mass is 10.2. The summed E-state index contributed by atoms with van der Waals surface area (Å²) in [5.74, 6) is -0.309. The van der Waals surface area contributed by atoms with Crippen molar-refractivity contribution < 1.29 is 9.50 Å². The maximum Gasteiger partial charge on any atom is 0.212 e. The van der Waals surface area contributed by atoms with Crippen LogP contribution < -0.4 is 5.32 Å². The van der Waals surface area contributed by atoms with Gasteiger partial charge in [-0.05, 0) is 34.1 Å². The Bertz CT molecular complexity index is 516. The molecule has 0 saturated heterocycles. The number of para-hydroxylation sites is 1. The summed E-state index contributed by atoms with van der Waals surface area (Å²) in [6.45, 7) is 0.443. The number of nitrogens with one attached hydrogen (secondary N) is 1. The van der Waals surface area contributed by atoms with E-state index < -0.39 is 5.95 Å². The van der Waals surface area contributed by atoms with Gasteiger partial charge < -0.3 is 10.4 Å². The number of hydrogen-bond donors (Lipinski definition) is 2. The number of aromatic hydroxyl groups is 1. The number of halogens is 2. The lowest BCUT2D eigenvalue weighted by Gasteiger charge is -2.08. The van der Waals surface area contributed by atoms with Crippen molar-refractivity contribution in [1.29, 1.82) is 0 Å². The molecular weight excluding hydrogens is 287 g/mol. The van der Waals surface area contributed by atoms with Crippen molar-refractivity contribution in [1.82, 2.24) is 4.98 Å². The Kier molecular flexibility index (Phi) is 3.58. The van der Waals surface area contributed by atoms with Gasteiger partial charge in [-0.3, -0.25) is 0 Å². The number of phenolic OH excluding ortho intramolecular Hbond substituents is 1. The molecule has 0 spiro atoms. The van der Waals surface area contributed by atoms with Crippen LogP contribution in [0.3, 0.4) is 0 Å². The van der Waals surface area contributed by atoms with Crippen LogP contribution in [-0.2, 0) is 6.54 Å². The minimum absolute atomic E-state index is 0.204. The van der Waals surface area contributed by atoms with Crippen LogP contribution in [0.25, 0.3) is 0 Å². The lowest BCUT2D eigenvalue weighted by molar-refractivity contribution is 0.465. The molecule has 0 radical (unpaired) electrons. The first kappa shape index (κ1) is 11.9. The summed E-state index contributed by atoms with van der Waals surface area (Å²) in [5, 5.41) is 12.8. The average Bonchev–Trinajstić information content (AvgIpc) is 2.33. The molecule has 0 bridgehead atoms. The highest BCUT2D eigenvalue weighted by Crippen LogP contribution is 2.27. The van der Waals surface area contributed by atoms with E-state index >= 15 is 0 Å². The lowest BCUT2D eigenvalue weighted by Crippen LogP contribution is -2.00. The monoisotopic (exact) mass is 296 g/mol. The summed E-state index contributed by atoms with van der Waals surface area (Å²) in [4.78, 5) is 3.53. The Morgan fingerprint density at radius 1 is 1.29 bits per heavy atom. The van der Waals surface area contributed by atoms with Crippen LogP contribution in [0.2, 0.25) is 0 Å². The van der Waals surface area contributed by atoms with Gasteiger partial charge in [0.2, 0.25) is 5.95 Å². The van der Waals surface area contributed by atoms with Gasteiger partial charge in [-0.15, -0.1) is 0 Å². The Labute approximate surface area is 106 Å². The quantitative estimate of drug-likeness (QED) is 0.854. The zero-order valence-electron chi connectivity index (χ0n) is 8.82. The van der Waals surface area contributed by atoms with Crippen LogP contribution in [-0.4, -0.2) is 10.1 Å². The van der Waals surface area contributed by atoms with E-state index in [2.05, 4.69) is 26.2 Å². The molecular formula is C12H10BrFN2O. The van der Waals surface area contributed by atoms with Crippen molar-refractivity contribution in [2.24, 2.45) is 0 Å². The standard InChI is InChI=1S/C12H10BrFN2O/c13-10-3-1-2-8(12(10)17)6-15-9-4-5-11(14)16-7-9/h1-5,7,15,17H,6H2. The minimum atomic E-state index is -0.513. The van der Waals surface area contributed by atoms with Gasteiger partial charge in [-0.1, -0.05) is 12.1 Å². The minimum Gasteiger partial charge on any atom is -0.506 e. The van der Waals surface area contributed by atoms with Crippen LogP contribution in [0.4, 0.5) is 10.1 Å². The zero-order valence-corrected chi connectivity index (χ0v) is 10.4. The van der Waals surface area contributed by atoms with Crippen LogP contribution in [0, 0.1) is 5.95 Å². The largest absolute Gasteiger partial charge is 0.506 e. The van der Waals surface area contributed by atoms with Crippen molar-refractivity contribution in [2.75, 3.05) is 5.32 Å². The first-order valence-electron chi connectivity index (χ1n) is 4.98. The van der Waals surface area contributed by atoms with Gasteiger partial charge in [0.25, 0.3) is 0 Å². The third-order valence-corrected chi connectivity index (χ3v) is 2.92. The Morgan fingerprint density at radius 2 is 2.12 bits per heavy atom. The highest BCUT2D eigenvalue weighted by molar-refractivity contribution is 9.10. The molecule has 2 rings (SSSR count). The highest BCUT2D eigenvalue weighted by atomic mass is 79.9. The first-order valence-corrected chi connectivity index (χ1v) is 5.78. The molecule has 2 aromatic rings. The maximum atomic E-state index is 12.6. The molecule has 1 heterocycles. The number of nitrogens with zero attached hydrogens (tertiary/aromatic N) is 1. The molecule has 1 aromatic carbocycles. The van der Waals surface area contributed by atoms with E-state index in [0.717, 1.165) is 5.56 Å². The SMILES string of the molecule is Oc1c(Br)cccc1CNc1ccc(F)nc1. The molecule has 2 N–H and O–H groups in total. The summed E-state index contributed by atoms with van der Waals surface area (Å²) in [7, 11) is 0. The van der Waals surface area contributed by atoms with Crippen LogP contribution in [0.15, 0.2) is 41.0 Å². The van der Waals surface area contributed by atoms with E-state index in [9.17, 15) is 9.50 Å². The van der Waals surface area contributed by atoms with Crippen molar-refractivity contribution in [2.45, 2.75) is 6.54 Å². The molecule has 5 heteroatoms. The molecule has 0 unspecified atom stereocenters. The molecule has 0 atom stereocenters. The normalized spacial score (nSPS) is 10.2. The van der Waals surface area contributed by atoms with E-state index in [4.69, 9.17) is 0 Å². The molecule has 0 aliphatic heterocycles. The molecule has 88 valence electrons. The number of aromatic nitrogens is 1. The second-order valence-electron chi connectivity index (χ2n) is 3.47.